The molecule has 0 saturated carbocycles. The van der Waals surface area contributed by atoms with Crippen LogP contribution in [0.2, 0.25) is 0 Å². The van der Waals surface area contributed by atoms with Gasteiger partial charge in [0.05, 0.1) is 62.5 Å². The summed E-state index contributed by atoms with van der Waals surface area (Å²) < 4.78 is 88.1. The van der Waals surface area contributed by atoms with Crippen molar-refractivity contribution in [2.45, 2.75) is 6.18 Å². The predicted molar refractivity (Wildman–Crippen MR) is 188 cm³/mol. The van der Waals surface area contributed by atoms with E-state index in [4.69, 9.17) is 15.0 Å². The molecule has 11 heteroatoms. The molecule has 6 aromatic carbocycles. The number of nitriles is 2. The Kier molecular flexibility index (Phi) is 7.85. The zero-order valence-electron chi connectivity index (χ0n) is 27.0. The molecule has 254 valence electrons. The average molecular weight is 708 g/mol. The van der Waals surface area contributed by atoms with Gasteiger partial charge < -0.3 is 0 Å². The standard InChI is InChI=1S/C42H19F6N5/c43-31-17-28(18-32(44)37(31)45)26-4-3-5-27(16-26)38-36-30(42(46,47)48)19-34-41(35(36)29-6-1-2-7-33(29)51-38)53-40(25-14-10-23(21-50)11-15-25)39(52-34)24-12-8-22(20-49)9-13-24/h1-19H. The van der Waals surface area contributed by atoms with E-state index in [9.17, 15) is 23.7 Å². The maximum Gasteiger partial charge on any atom is 0.417 e. The van der Waals surface area contributed by atoms with Crippen LogP contribution in [0.4, 0.5) is 26.3 Å². The van der Waals surface area contributed by atoms with Gasteiger partial charge in [0, 0.05) is 32.8 Å². The molecule has 2 aromatic heterocycles. The summed E-state index contributed by atoms with van der Waals surface area (Å²) in [6.07, 6.45) is -4.91. The summed E-state index contributed by atoms with van der Waals surface area (Å²) in [5.41, 5.74) is 2.07. The lowest BCUT2D eigenvalue weighted by Crippen LogP contribution is -2.09. The Morgan fingerprint density at radius 2 is 1.06 bits per heavy atom. The van der Waals surface area contributed by atoms with Crippen molar-refractivity contribution in [1.82, 2.24) is 15.0 Å². The normalized spacial score (nSPS) is 11.5. The molecule has 0 spiro atoms. The van der Waals surface area contributed by atoms with Crippen molar-refractivity contribution >= 4 is 32.7 Å². The van der Waals surface area contributed by atoms with Gasteiger partial charge in [-0.25, -0.2) is 28.1 Å². The van der Waals surface area contributed by atoms with E-state index in [1.54, 1.807) is 72.8 Å². The lowest BCUT2D eigenvalue weighted by Gasteiger charge is -2.19. The Hall–Kier alpha value is -7.11. The van der Waals surface area contributed by atoms with E-state index in [0.717, 1.165) is 18.2 Å². The van der Waals surface area contributed by atoms with Gasteiger partial charge in [0.15, 0.2) is 17.5 Å². The smallest absolute Gasteiger partial charge is 0.247 e. The maximum absolute atomic E-state index is 15.3. The van der Waals surface area contributed by atoms with Gasteiger partial charge in [-0.05, 0) is 65.7 Å². The largest absolute Gasteiger partial charge is 0.417 e. The van der Waals surface area contributed by atoms with Crippen molar-refractivity contribution in [1.29, 1.82) is 10.5 Å². The van der Waals surface area contributed by atoms with Crippen LogP contribution in [0.3, 0.4) is 0 Å². The summed E-state index contributed by atoms with van der Waals surface area (Å²) in [6, 6.07) is 32.2. The van der Waals surface area contributed by atoms with Crippen LogP contribution in [0, 0.1) is 40.1 Å². The summed E-state index contributed by atoms with van der Waals surface area (Å²) in [4.78, 5) is 14.5. The topological polar surface area (TPSA) is 86.2 Å². The second-order valence-electron chi connectivity index (χ2n) is 12.2. The van der Waals surface area contributed by atoms with E-state index >= 15 is 13.2 Å². The van der Waals surface area contributed by atoms with Crippen molar-refractivity contribution in [2.24, 2.45) is 0 Å². The van der Waals surface area contributed by atoms with Crippen molar-refractivity contribution in [3.05, 3.63) is 149 Å². The van der Waals surface area contributed by atoms with Crippen LogP contribution >= 0.6 is 0 Å². The molecule has 0 fully saturated rings. The molecule has 0 radical (unpaired) electrons. The van der Waals surface area contributed by atoms with Crippen LogP contribution in [0.25, 0.3) is 77.6 Å². The molecule has 53 heavy (non-hydrogen) atoms. The minimum absolute atomic E-state index is 0.0249. The highest BCUT2D eigenvalue weighted by Crippen LogP contribution is 2.46. The molecule has 0 saturated heterocycles. The van der Waals surface area contributed by atoms with Gasteiger partial charge >= 0.3 is 6.18 Å². The van der Waals surface area contributed by atoms with Gasteiger partial charge in [-0.1, -0.05) is 60.7 Å². The van der Waals surface area contributed by atoms with E-state index in [0.29, 0.717) is 38.9 Å². The Bertz CT molecular complexity index is 2850. The Labute approximate surface area is 296 Å². The number of para-hydroxylation sites is 1. The highest BCUT2D eigenvalue weighted by Gasteiger charge is 2.36. The number of hydrogen-bond donors (Lipinski definition) is 0. The van der Waals surface area contributed by atoms with Crippen molar-refractivity contribution in [2.75, 3.05) is 0 Å². The molecule has 0 aliphatic rings. The average Bonchev–Trinajstić information content (AvgIpc) is 3.18. The molecule has 0 atom stereocenters. The van der Waals surface area contributed by atoms with Crippen molar-refractivity contribution < 1.29 is 26.3 Å². The summed E-state index contributed by atoms with van der Waals surface area (Å²) in [5, 5.41) is 19.0. The second kappa shape index (κ2) is 12.6. The molecule has 0 N–H and O–H groups in total. The lowest BCUT2D eigenvalue weighted by molar-refractivity contribution is -0.136. The molecular formula is C42H19F6N5. The Morgan fingerprint density at radius 1 is 0.491 bits per heavy atom. The number of hydrogen-bond acceptors (Lipinski definition) is 5. The molecule has 0 aliphatic heterocycles. The van der Waals surface area contributed by atoms with E-state index in [1.165, 1.54) is 24.3 Å². The fourth-order valence-electron chi connectivity index (χ4n) is 6.47. The monoisotopic (exact) mass is 707 g/mol. The van der Waals surface area contributed by atoms with Crippen LogP contribution in [0.5, 0.6) is 0 Å². The molecule has 0 unspecified atom stereocenters. The first kappa shape index (κ1) is 33.1. The van der Waals surface area contributed by atoms with Gasteiger partial charge in [0.25, 0.3) is 0 Å². The van der Waals surface area contributed by atoms with Gasteiger partial charge in [-0.15, -0.1) is 0 Å². The molecule has 2 heterocycles. The van der Waals surface area contributed by atoms with Crippen molar-refractivity contribution in [3.63, 3.8) is 0 Å². The van der Waals surface area contributed by atoms with Crippen LogP contribution in [-0.4, -0.2) is 15.0 Å². The van der Waals surface area contributed by atoms with E-state index in [1.807, 2.05) is 6.07 Å². The first-order chi connectivity index (χ1) is 25.5. The maximum atomic E-state index is 15.3. The fourth-order valence-corrected chi connectivity index (χ4v) is 6.47. The molecule has 5 nitrogen and oxygen atoms in total. The van der Waals surface area contributed by atoms with E-state index in [-0.39, 0.29) is 49.9 Å². The Balaban J connectivity index is 1.50. The highest BCUT2D eigenvalue weighted by molar-refractivity contribution is 6.22. The number of pyridine rings is 1. The first-order valence-corrected chi connectivity index (χ1v) is 15.9. The number of benzene rings is 6. The van der Waals surface area contributed by atoms with Gasteiger partial charge in [-0.2, -0.15) is 23.7 Å². The molecule has 0 bridgehead atoms. The number of fused-ring (bicyclic) bond motifs is 5. The van der Waals surface area contributed by atoms with E-state index < -0.39 is 29.2 Å². The molecule has 8 rings (SSSR count). The summed E-state index contributed by atoms with van der Waals surface area (Å²) in [5.74, 6) is -4.47. The lowest BCUT2D eigenvalue weighted by atomic mass is 9.92. The molecular weight excluding hydrogens is 688 g/mol. The zero-order chi connectivity index (χ0) is 37.0. The van der Waals surface area contributed by atoms with Crippen LogP contribution in [-0.2, 0) is 6.18 Å². The van der Waals surface area contributed by atoms with Crippen molar-refractivity contribution in [3.8, 4) is 57.0 Å². The van der Waals surface area contributed by atoms with Crippen LogP contribution < -0.4 is 0 Å². The molecule has 0 amide bonds. The SMILES string of the molecule is N#Cc1ccc(-c2nc3cc(C(F)(F)F)c4c(-c5cccc(-c6cc(F)c(F)c(F)c6)c5)nc5ccccc5c4c3nc2-c2ccc(C#N)cc2)cc1. The minimum atomic E-state index is -4.91. The van der Waals surface area contributed by atoms with Gasteiger partial charge in [-0.3, -0.25) is 0 Å². The zero-order valence-corrected chi connectivity index (χ0v) is 27.0. The number of rotatable bonds is 4. The number of aromatic nitrogens is 3. The Morgan fingerprint density at radius 3 is 1.66 bits per heavy atom. The summed E-state index contributed by atoms with van der Waals surface area (Å²) >= 11 is 0. The third kappa shape index (κ3) is 5.75. The summed E-state index contributed by atoms with van der Waals surface area (Å²) in [6.45, 7) is 0. The third-order valence-corrected chi connectivity index (χ3v) is 8.94. The number of halogens is 6. The highest BCUT2D eigenvalue weighted by atomic mass is 19.4. The second-order valence-corrected chi connectivity index (χ2v) is 12.2. The van der Waals surface area contributed by atoms with Crippen LogP contribution in [0.15, 0.2) is 115 Å². The number of alkyl halides is 3. The van der Waals surface area contributed by atoms with Gasteiger partial charge in [0.2, 0.25) is 0 Å². The third-order valence-electron chi connectivity index (χ3n) is 8.94. The van der Waals surface area contributed by atoms with E-state index in [2.05, 4.69) is 6.07 Å². The fraction of sp³-hybridized carbons (Fsp3) is 0.0238. The van der Waals surface area contributed by atoms with Crippen LogP contribution in [0.1, 0.15) is 16.7 Å². The minimum Gasteiger partial charge on any atom is -0.247 e. The molecule has 8 aromatic rings. The number of nitrogens with zero attached hydrogens (tertiary/aromatic N) is 5. The quantitative estimate of drug-likeness (QED) is 0.103. The van der Waals surface area contributed by atoms with Gasteiger partial charge in [0.1, 0.15) is 0 Å². The first-order valence-electron chi connectivity index (χ1n) is 15.9. The molecule has 0 aliphatic carbocycles. The predicted octanol–water partition coefficient (Wildman–Crippen LogP) is 11.2. The summed E-state index contributed by atoms with van der Waals surface area (Å²) in [7, 11) is 0.